The average molecular weight is 691 g/mol. The van der Waals surface area contributed by atoms with E-state index in [-0.39, 0.29) is 0 Å². The van der Waals surface area contributed by atoms with Crippen molar-refractivity contribution in [2.24, 2.45) is 0 Å². The fourth-order valence-corrected chi connectivity index (χ4v) is 7.03. The summed E-state index contributed by atoms with van der Waals surface area (Å²) in [5, 5.41) is 0. The predicted molar refractivity (Wildman–Crippen MR) is 201 cm³/mol. The first-order valence-corrected chi connectivity index (χ1v) is 22.1. The smallest absolute Gasteiger partial charge is 0.352 e. The van der Waals surface area contributed by atoms with Crippen molar-refractivity contribution in [3.63, 3.8) is 0 Å². The predicted octanol–water partition coefficient (Wildman–Crippen LogP) is 13.5. The summed E-state index contributed by atoms with van der Waals surface area (Å²) in [4.78, 5) is 0. The van der Waals surface area contributed by atoms with Crippen molar-refractivity contribution < 1.29 is 26.3 Å². The van der Waals surface area contributed by atoms with Gasteiger partial charge in [-0.2, -0.15) is 8.42 Å². The zero-order chi connectivity index (χ0) is 34.5. The van der Waals surface area contributed by atoms with Gasteiger partial charge in [0.2, 0.25) is 0 Å². The van der Waals surface area contributed by atoms with Gasteiger partial charge in [0, 0.05) is 13.2 Å². The standard InChI is InChI=1S/C40H82O6S/c1-5-7-9-11-13-15-17-19-21-23-25-27-29-31-33-35-37-43-39(3)45-47(41,42)46-40(4)44-38-36-34-32-30-28-26-24-22-20-18-16-14-12-10-8-6-2/h39-40H,5-38H2,1-4H3. The molecule has 0 aliphatic rings. The molecule has 0 fully saturated rings. The highest BCUT2D eigenvalue weighted by Gasteiger charge is 2.21. The van der Waals surface area contributed by atoms with Gasteiger partial charge in [0.25, 0.3) is 0 Å². The lowest BCUT2D eigenvalue weighted by Crippen LogP contribution is -2.25. The van der Waals surface area contributed by atoms with E-state index in [0.717, 1.165) is 25.7 Å². The third-order valence-electron chi connectivity index (χ3n) is 9.21. The van der Waals surface area contributed by atoms with Crippen LogP contribution in [0.2, 0.25) is 0 Å². The Bertz CT molecular complexity index is 649. The van der Waals surface area contributed by atoms with Crippen molar-refractivity contribution in [2.75, 3.05) is 13.2 Å². The van der Waals surface area contributed by atoms with Crippen molar-refractivity contribution in [1.82, 2.24) is 0 Å². The molecule has 0 rings (SSSR count). The first-order chi connectivity index (χ1) is 22.9. The van der Waals surface area contributed by atoms with Crippen LogP contribution in [0.3, 0.4) is 0 Å². The van der Waals surface area contributed by atoms with E-state index in [1.807, 2.05) is 0 Å². The first-order valence-electron chi connectivity index (χ1n) is 20.8. The van der Waals surface area contributed by atoms with Crippen LogP contribution in [-0.4, -0.2) is 34.2 Å². The van der Waals surface area contributed by atoms with Crippen LogP contribution in [0.4, 0.5) is 0 Å². The Balaban J connectivity index is 3.49. The van der Waals surface area contributed by atoms with E-state index in [2.05, 4.69) is 13.8 Å². The van der Waals surface area contributed by atoms with Crippen LogP contribution < -0.4 is 0 Å². The molecule has 0 spiro atoms. The second kappa shape index (κ2) is 37.1. The Labute approximate surface area is 294 Å². The summed E-state index contributed by atoms with van der Waals surface area (Å²) in [7, 11) is -4.18. The molecule has 0 aromatic heterocycles. The largest absolute Gasteiger partial charge is 0.404 e. The molecule has 0 amide bonds. The maximum Gasteiger partial charge on any atom is 0.404 e. The number of hydrogen-bond donors (Lipinski definition) is 0. The second-order valence-corrected chi connectivity index (χ2v) is 15.3. The maximum absolute atomic E-state index is 12.2. The van der Waals surface area contributed by atoms with Gasteiger partial charge in [-0.15, -0.1) is 0 Å². The fraction of sp³-hybridized carbons (Fsp3) is 1.00. The average Bonchev–Trinajstić information content (AvgIpc) is 3.03. The highest BCUT2D eigenvalue weighted by Crippen LogP contribution is 2.16. The third kappa shape index (κ3) is 38.4. The first kappa shape index (κ1) is 46.8. The summed E-state index contributed by atoms with van der Waals surface area (Å²) < 4.78 is 45.6. The van der Waals surface area contributed by atoms with Crippen LogP contribution in [-0.2, 0) is 28.2 Å². The third-order valence-corrected chi connectivity index (χ3v) is 10.2. The highest BCUT2D eigenvalue weighted by atomic mass is 32.3. The van der Waals surface area contributed by atoms with Gasteiger partial charge in [-0.25, -0.2) is 8.37 Å². The zero-order valence-corrected chi connectivity index (χ0v) is 32.9. The van der Waals surface area contributed by atoms with Crippen molar-refractivity contribution in [3.05, 3.63) is 0 Å². The van der Waals surface area contributed by atoms with Crippen molar-refractivity contribution in [1.29, 1.82) is 0 Å². The Morgan fingerprint density at radius 3 is 0.745 bits per heavy atom. The number of hydrogen-bond acceptors (Lipinski definition) is 6. The van der Waals surface area contributed by atoms with Crippen molar-refractivity contribution in [2.45, 2.75) is 246 Å². The molecule has 0 saturated carbocycles. The molecule has 0 N–H and O–H groups in total. The molecule has 6 nitrogen and oxygen atoms in total. The molecule has 0 heterocycles. The van der Waals surface area contributed by atoms with Gasteiger partial charge in [0.15, 0.2) is 12.6 Å². The molecule has 0 bridgehead atoms. The summed E-state index contributed by atoms with van der Waals surface area (Å²) in [5.41, 5.74) is 0. The molecule has 2 unspecified atom stereocenters. The SMILES string of the molecule is CCCCCCCCCCCCCCCCCCOC(C)OS(=O)(=O)OC(C)OCCCCCCCCCCCCCCCCCC. The Kier molecular flexibility index (Phi) is 36.9. The van der Waals surface area contributed by atoms with Gasteiger partial charge in [-0.1, -0.05) is 206 Å². The zero-order valence-electron chi connectivity index (χ0n) is 32.1. The lowest BCUT2D eigenvalue weighted by Gasteiger charge is -2.17. The lowest BCUT2D eigenvalue weighted by molar-refractivity contribution is -0.100. The van der Waals surface area contributed by atoms with Crippen LogP contribution in [0, 0.1) is 0 Å². The van der Waals surface area contributed by atoms with Gasteiger partial charge >= 0.3 is 10.4 Å². The fourth-order valence-electron chi connectivity index (χ4n) is 6.21. The van der Waals surface area contributed by atoms with Crippen molar-refractivity contribution in [3.8, 4) is 0 Å². The van der Waals surface area contributed by atoms with Crippen LogP contribution in [0.15, 0.2) is 0 Å². The van der Waals surface area contributed by atoms with Crippen LogP contribution in [0.1, 0.15) is 233 Å². The molecule has 47 heavy (non-hydrogen) atoms. The quantitative estimate of drug-likeness (QED) is 0.0471. The molecule has 0 aliphatic carbocycles. The summed E-state index contributed by atoms with van der Waals surface area (Å²) in [5.74, 6) is 0. The summed E-state index contributed by atoms with van der Waals surface area (Å²) in [6.45, 7) is 8.71. The van der Waals surface area contributed by atoms with E-state index in [1.165, 1.54) is 180 Å². The summed E-state index contributed by atoms with van der Waals surface area (Å²) in [6.07, 6.45) is 40.5. The number of unbranched alkanes of at least 4 members (excludes halogenated alkanes) is 30. The van der Waals surface area contributed by atoms with E-state index in [4.69, 9.17) is 17.8 Å². The molecule has 284 valence electrons. The lowest BCUT2D eigenvalue weighted by atomic mass is 10.0. The second-order valence-electron chi connectivity index (χ2n) is 14.1. The monoisotopic (exact) mass is 691 g/mol. The van der Waals surface area contributed by atoms with E-state index in [1.54, 1.807) is 13.8 Å². The molecule has 7 heteroatoms. The topological polar surface area (TPSA) is 71.1 Å². The molecular weight excluding hydrogens is 609 g/mol. The molecule has 0 saturated heterocycles. The summed E-state index contributed by atoms with van der Waals surface area (Å²) in [6, 6.07) is 0. The van der Waals surface area contributed by atoms with E-state index in [9.17, 15) is 8.42 Å². The minimum Gasteiger partial charge on any atom is -0.352 e. The Hall–Kier alpha value is -0.210. The van der Waals surface area contributed by atoms with E-state index < -0.39 is 23.0 Å². The van der Waals surface area contributed by atoms with E-state index in [0.29, 0.717) is 13.2 Å². The Morgan fingerprint density at radius 1 is 0.340 bits per heavy atom. The van der Waals surface area contributed by atoms with Gasteiger partial charge in [-0.05, 0) is 26.7 Å². The van der Waals surface area contributed by atoms with Crippen LogP contribution in [0.5, 0.6) is 0 Å². The number of ether oxygens (including phenoxy) is 2. The molecule has 0 aromatic rings. The van der Waals surface area contributed by atoms with Gasteiger partial charge < -0.3 is 9.47 Å². The van der Waals surface area contributed by atoms with Crippen LogP contribution >= 0.6 is 0 Å². The maximum atomic E-state index is 12.2. The molecular formula is C40H82O6S. The normalized spacial score (nSPS) is 13.4. The van der Waals surface area contributed by atoms with Gasteiger partial charge in [0.05, 0.1) is 0 Å². The van der Waals surface area contributed by atoms with Crippen LogP contribution in [0.25, 0.3) is 0 Å². The molecule has 0 radical (unpaired) electrons. The van der Waals surface area contributed by atoms with E-state index >= 15 is 0 Å². The van der Waals surface area contributed by atoms with Gasteiger partial charge in [-0.3, -0.25) is 0 Å². The molecule has 0 aliphatic heterocycles. The number of rotatable bonds is 40. The summed E-state index contributed by atoms with van der Waals surface area (Å²) >= 11 is 0. The van der Waals surface area contributed by atoms with Crippen molar-refractivity contribution >= 4 is 10.4 Å². The minimum atomic E-state index is -4.18. The highest BCUT2D eigenvalue weighted by molar-refractivity contribution is 7.81. The molecule has 0 aromatic carbocycles. The molecule has 2 atom stereocenters. The Morgan fingerprint density at radius 2 is 0.532 bits per heavy atom. The minimum absolute atomic E-state index is 0.487. The van der Waals surface area contributed by atoms with Gasteiger partial charge in [0.1, 0.15) is 0 Å².